The molecule has 1 N–H and O–H groups in total. The van der Waals surface area contributed by atoms with E-state index in [0.29, 0.717) is 0 Å². The summed E-state index contributed by atoms with van der Waals surface area (Å²) in [5.41, 5.74) is 1.05. The fourth-order valence-electron chi connectivity index (χ4n) is 1.81. The lowest BCUT2D eigenvalue weighted by atomic mass is 10.1. The number of hydrogen-bond donors (Lipinski definition) is 1. The van der Waals surface area contributed by atoms with Gasteiger partial charge in [0.2, 0.25) is 0 Å². The van der Waals surface area contributed by atoms with Gasteiger partial charge in [-0.15, -0.1) is 0 Å². The average Bonchev–Trinajstić information content (AvgIpc) is 2.87. The van der Waals surface area contributed by atoms with Gasteiger partial charge in [-0.05, 0) is 43.6 Å². The number of halogens is 1. The van der Waals surface area contributed by atoms with Crippen LogP contribution < -0.4 is 5.32 Å². The quantitative estimate of drug-likeness (QED) is 0.939. The summed E-state index contributed by atoms with van der Waals surface area (Å²) in [5.74, 6) is 0. The second-order valence-electron chi connectivity index (χ2n) is 5.77. The smallest absolute Gasteiger partial charge is 0.0729 e. The minimum absolute atomic E-state index is 0.00994. The number of nitrogens with zero attached hydrogens (tertiary/aromatic N) is 4. The van der Waals surface area contributed by atoms with Crippen LogP contribution in [-0.4, -0.2) is 25.6 Å². The maximum absolute atomic E-state index is 4.38. The molecular weight excluding hydrogens is 306 g/mol. The molecule has 0 aromatic carbocycles. The van der Waals surface area contributed by atoms with Gasteiger partial charge in [-0.25, -0.2) is 0 Å². The number of hydrogen-bond acceptors (Lipinski definition) is 3. The average molecular weight is 326 g/mol. The van der Waals surface area contributed by atoms with Gasteiger partial charge in [-0.2, -0.15) is 10.2 Å². The van der Waals surface area contributed by atoms with E-state index in [9.17, 15) is 0 Å². The Balaban J connectivity index is 1.95. The van der Waals surface area contributed by atoms with Crippen molar-refractivity contribution in [2.24, 2.45) is 0 Å². The van der Waals surface area contributed by atoms with Gasteiger partial charge < -0.3 is 5.32 Å². The maximum Gasteiger partial charge on any atom is 0.0729 e. The number of anilines is 1. The molecule has 0 fully saturated rings. The van der Waals surface area contributed by atoms with Crippen LogP contribution in [0.15, 0.2) is 29.3 Å². The summed E-state index contributed by atoms with van der Waals surface area (Å²) >= 11 is 3.40. The summed E-state index contributed by atoms with van der Waals surface area (Å²) in [4.78, 5) is 0. The molecule has 2 aromatic rings. The normalized spacial score (nSPS) is 13.5. The highest BCUT2D eigenvalue weighted by atomic mass is 79.9. The molecule has 0 bridgehead atoms. The fourth-order valence-corrected chi connectivity index (χ4v) is 2.14. The monoisotopic (exact) mass is 325 g/mol. The molecule has 2 heterocycles. The van der Waals surface area contributed by atoms with E-state index in [1.54, 1.807) is 6.20 Å². The van der Waals surface area contributed by atoms with E-state index in [4.69, 9.17) is 0 Å². The van der Waals surface area contributed by atoms with Crippen LogP contribution in [0.2, 0.25) is 0 Å². The van der Waals surface area contributed by atoms with Crippen LogP contribution in [0.1, 0.15) is 27.7 Å². The van der Waals surface area contributed by atoms with Crippen LogP contribution in [0, 0.1) is 0 Å². The molecule has 2 aromatic heterocycles. The predicted octanol–water partition coefficient (Wildman–Crippen LogP) is 3.10. The van der Waals surface area contributed by atoms with Crippen molar-refractivity contribution in [3.63, 3.8) is 0 Å². The molecule has 0 spiro atoms. The van der Waals surface area contributed by atoms with Gasteiger partial charge >= 0.3 is 0 Å². The Morgan fingerprint density at radius 3 is 2.53 bits per heavy atom. The fraction of sp³-hybridized carbons (Fsp3) is 0.538. The van der Waals surface area contributed by atoms with Crippen LogP contribution in [0.4, 0.5) is 5.69 Å². The van der Waals surface area contributed by atoms with Crippen molar-refractivity contribution in [2.45, 2.75) is 45.8 Å². The molecule has 104 valence electrons. The first kappa shape index (κ1) is 14.1. The molecule has 0 aliphatic rings. The summed E-state index contributed by atoms with van der Waals surface area (Å²) < 4.78 is 4.88. The van der Waals surface area contributed by atoms with Gasteiger partial charge in [0.05, 0.1) is 34.6 Å². The number of aromatic nitrogens is 4. The largest absolute Gasteiger partial charge is 0.378 e. The van der Waals surface area contributed by atoms with E-state index in [1.165, 1.54) is 0 Å². The predicted molar refractivity (Wildman–Crippen MR) is 80.2 cm³/mol. The van der Waals surface area contributed by atoms with Crippen molar-refractivity contribution in [1.29, 1.82) is 0 Å². The molecule has 0 saturated carbocycles. The molecule has 0 aliphatic carbocycles. The first-order chi connectivity index (χ1) is 8.84. The second kappa shape index (κ2) is 5.36. The lowest BCUT2D eigenvalue weighted by molar-refractivity contribution is 0.355. The van der Waals surface area contributed by atoms with Crippen LogP contribution in [0.3, 0.4) is 0 Å². The van der Waals surface area contributed by atoms with E-state index >= 15 is 0 Å². The van der Waals surface area contributed by atoms with E-state index in [1.807, 2.05) is 28.0 Å². The topological polar surface area (TPSA) is 47.7 Å². The minimum Gasteiger partial charge on any atom is -0.378 e. The van der Waals surface area contributed by atoms with E-state index in [0.717, 1.165) is 16.7 Å². The zero-order valence-corrected chi connectivity index (χ0v) is 13.3. The maximum atomic E-state index is 4.38. The molecule has 6 heteroatoms. The van der Waals surface area contributed by atoms with Crippen LogP contribution in [-0.2, 0) is 12.1 Å². The standard InChI is InChI=1S/C13H20BrN5/c1-10(7-18-8-11(14)5-15-18)17-12-6-16-19(9-12)13(2,3)4/h5-6,8-10,17H,7H2,1-4H3. The van der Waals surface area contributed by atoms with Gasteiger partial charge in [-0.1, -0.05) is 0 Å². The van der Waals surface area contributed by atoms with Gasteiger partial charge in [0.25, 0.3) is 0 Å². The first-order valence-corrected chi connectivity index (χ1v) is 7.13. The van der Waals surface area contributed by atoms with Gasteiger partial charge in [0.1, 0.15) is 0 Å². The zero-order valence-electron chi connectivity index (χ0n) is 11.8. The van der Waals surface area contributed by atoms with Gasteiger partial charge in [-0.3, -0.25) is 9.36 Å². The van der Waals surface area contributed by atoms with Crippen molar-refractivity contribution in [2.75, 3.05) is 5.32 Å². The Bertz CT molecular complexity index is 537. The highest BCUT2D eigenvalue weighted by molar-refractivity contribution is 9.10. The second-order valence-corrected chi connectivity index (χ2v) is 6.69. The summed E-state index contributed by atoms with van der Waals surface area (Å²) in [6.07, 6.45) is 7.66. The molecule has 0 radical (unpaired) electrons. The SMILES string of the molecule is CC(Cn1cc(Br)cn1)Nc1cnn(C(C)(C)C)c1. The minimum atomic E-state index is 0.00994. The van der Waals surface area contributed by atoms with Crippen molar-refractivity contribution in [3.05, 3.63) is 29.3 Å². The Morgan fingerprint density at radius 2 is 2.00 bits per heavy atom. The van der Waals surface area contributed by atoms with Crippen LogP contribution in [0.25, 0.3) is 0 Å². The van der Waals surface area contributed by atoms with Crippen molar-refractivity contribution in [3.8, 4) is 0 Å². The lowest BCUT2D eigenvalue weighted by Gasteiger charge is -2.19. The molecule has 2 rings (SSSR count). The molecule has 1 atom stereocenters. The molecule has 19 heavy (non-hydrogen) atoms. The summed E-state index contributed by atoms with van der Waals surface area (Å²) in [5, 5.41) is 12.1. The molecule has 0 amide bonds. The third-order valence-electron chi connectivity index (χ3n) is 2.75. The van der Waals surface area contributed by atoms with Crippen molar-refractivity contribution >= 4 is 21.6 Å². The van der Waals surface area contributed by atoms with E-state index < -0.39 is 0 Å². The molecule has 5 nitrogen and oxygen atoms in total. The Morgan fingerprint density at radius 1 is 1.26 bits per heavy atom. The Kier molecular flexibility index (Phi) is 3.99. The lowest BCUT2D eigenvalue weighted by Crippen LogP contribution is -2.23. The van der Waals surface area contributed by atoms with Crippen LogP contribution >= 0.6 is 15.9 Å². The highest BCUT2D eigenvalue weighted by Gasteiger charge is 2.14. The third-order valence-corrected chi connectivity index (χ3v) is 3.16. The van der Waals surface area contributed by atoms with Gasteiger partial charge in [0, 0.05) is 18.4 Å². The summed E-state index contributed by atoms with van der Waals surface area (Å²) in [6.45, 7) is 9.34. The van der Waals surface area contributed by atoms with E-state index in [-0.39, 0.29) is 11.6 Å². The number of rotatable bonds is 4. The summed E-state index contributed by atoms with van der Waals surface area (Å²) in [7, 11) is 0. The Hall–Kier alpha value is -1.30. The van der Waals surface area contributed by atoms with Gasteiger partial charge in [0.15, 0.2) is 0 Å². The van der Waals surface area contributed by atoms with Crippen LogP contribution in [0.5, 0.6) is 0 Å². The molecule has 0 saturated heterocycles. The Labute approximate surface area is 122 Å². The molecular formula is C13H20BrN5. The molecule has 0 aliphatic heterocycles. The van der Waals surface area contributed by atoms with Crippen molar-refractivity contribution < 1.29 is 0 Å². The highest BCUT2D eigenvalue weighted by Crippen LogP contribution is 2.16. The number of nitrogens with one attached hydrogen (secondary N) is 1. The first-order valence-electron chi connectivity index (χ1n) is 6.34. The van der Waals surface area contributed by atoms with Crippen molar-refractivity contribution in [1.82, 2.24) is 19.6 Å². The van der Waals surface area contributed by atoms with E-state index in [2.05, 4.69) is 59.1 Å². The zero-order chi connectivity index (χ0) is 14.0. The molecule has 1 unspecified atom stereocenters. The third kappa shape index (κ3) is 3.83. The summed E-state index contributed by atoms with van der Waals surface area (Å²) in [6, 6.07) is 0.282.